The molecular weight excluding hydrogens is 262 g/mol. The molecular formula is C17H23N3O. The fraction of sp³-hybridized carbons (Fsp3) is 0.529. The molecule has 1 aliphatic rings. The van der Waals surface area contributed by atoms with Gasteiger partial charge in [0.25, 0.3) is 0 Å². The second-order valence-electron chi connectivity index (χ2n) is 6.43. The highest BCUT2D eigenvalue weighted by Crippen LogP contribution is 2.36. The maximum Gasteiger partial charge on any atom is 0.146 e. The van der Waals surface area contributed by atoms with Gasteiger partial charge in [-0.1, -0.05) is 32.0 Å². The second kappa shape index (κ2) is 5.26. The molecule has 1 aliphatic heterocycles. The van der Waals surface area contributed by atoms with E-state index in [1.165, 1.54) is 0 Å². The molecule has 1 fully saturated rings. The Balaban J connectivity index is 1.93. The molecule has 1 N–H and O–H groups in total. The van der Waals surface area contributed by atoms with Crippen molar-refractivity contribution in [1.82, 2.24) is 15.1 Å². The Morgan fingerprint density at radius 2 is 2.19 bits per heavy atom. The van der Waals surface area contributed by atoms with Crippen molar-refractivity contribution in [2.45, 2.75) is 26.7 Å². The summed E-state index contributed by atoms with van der Waals surface area (Å²) in [5.41, 5.74) is 1.77. The molecule has 0 amide bonds. The van der Waals surface area contributed by atoms with Crippen LogP contribution in [0.5, 0.6) is 0 Å². The second-order valence-corrected chi connectivity index (χ2v) is 6.43. The van der Waals surface area contributed by atoms with Gasteiger partial charge < -0.3 is 5.32 Å². The summed E-state index contributed by atoms with van der Waals surface area (Å²) >= 11 is 0. The average Bonchev–Trinajstić information content (AvgIpc) is 3.07. The number of para-hydroxylation sites is 1. The Kier molecular flexibility index (Phi) is 3.57. The van der Waals surface area contributed by atoms with E-state index in [2.05, 4.69) is 30.3 Å². The van der Waals surface area contributed by atoms with Crippen LogP contribution in [0.25, 0.3) is 10.9 Å². The standard InChI is InChI=1S/C17H23N3O/c1-12(2)17(8-9-18-11-17)16(21)10-14-13-6-4-5-7-15(13)20(3)19-14/h4-7,12,18H,8-11H2,1-3H3. The molecule has 112 valence electrons. The Hall–Kier alpha value is -1.68. The van der Waals surface area contributed by atoms with Crippen molar-refractivity contribution in [1.29, 1.82) is 0 Å². The number of benzene rings is 1. The highest BCUT2D eigenvalue weighted by Gasteiger charge is 2.43. The van der Waals surface area contributed by atoms with Gasteiger partial charge in [0.1, 0.15) is 5.78 Å². The number of nitrogens with one attached hydrogen (secondary N) is 1. The first-order valence-corrected chi connectivity index (χ1v) is 7.69. The van der Waals surface area contributed by atoms with Crippen LogP contribution in [0.1, 0.15) is 26.0 Å². The van der Waals surface area contributed by atoms with Crippen LogP contribution in [0.4, 0.5) is 0 Å². The van der Waals surface area contributed by atoms with E-state index >= 15 is 0 Å². The zero-order valence-corrected chi connectivity index (χ0v) is 13.0. The van der Waals surface area contributed by atoms with Gasteiger partial charge in [-0.25, -0.2) is 0 Å². The molecule has 0 bridgehead atoms. The number of carbonyl (C=O) groups is 1. The maximum atomic E-state index is 12.9. The Bertz CT molecular complexity index is 666. The lowest BCUT2D eigenvalue weighted by molar-refractivity contribution is -0.129. The van der Waals surface area contributed by atoms with Crippen molar-refractivity contribution in [3.63, 3.8) is 0 Å². The fourth-order valence-electron chi connectivity index (χ4n) is 3.51. The molecule has 1 unspecified atom stereocenters. The molecule has 21 heavy (non-hydrogen) atoms. The minimum absolute atomic E-state index is 0.224. The number of Topliss-reactive ketones (excluding diaryl/α,β-unsaturated/α-hetero) is 1. The third-order valence-electron chi connectivity index (χ3n) is 5.01. The summed E-state index contributed by atoms with van der Waals surface area (Å²) in [4.78, 5) is 12.9. The van der Waals surface area contributed by atoms with Crippen molar-refractivity contribution >= 4 is 16.7 Å². The van der Waals surface area contributed by atoms with E-state index in [0.29, 0.717) is 18.1 Å². The largest absolute Gasteiger partial charge is 0.316 e. The molecule has 0 spiro atoms. The van der Waals surface area contributed by atoms with Crippen LogP contribution in [0.2, 0.25) is 0 Å². The zero-order chi connectivity index (χ0) is 15.0. The summed E-state index contributed by atoms with van der Waals surface area (Å²) in [6, 6.07) is 8.12. The number of hydrogen-bond acceptors (Lipinski definition) is 3. The summed E-state index contributed by atoms with van der Waals surface area (Å²) in [5.74, 6) is 0.682. The van der Waals surface area contributed by atoms with Crippen molar-refractivity contribution in [3.05, 3.63) is 30.0 Å². The van der Waals surface area contributed by atoms with Gasteiger partial charge in [0.05, 0.1) is 17.6 Å². The average molecular weight is 285 g/mol. The van der Waals surface area contributed by atoms with Gasteiger partial charge in [0.15, 0.2) is 0 Å². The lowest BCUT2D eigenvalue weighted by Crippen LogP contribution is -2.39. The number of fused-ring (bicyclic) bond motifs is 1. The van der Waals surface area contributed by atoms with E-state index in [-0.39, 0.29) is 5.41 Å². The van der Waals surface area contributed by atoms with Crippen molar-refractivity contribution in [2.75, 3.05) is 13.1 Å². The first kappa shape index (κ1) is 14.3. The van der Waals surface area contributed by atoms with Crippen LogP contribution in [0.15, 0.2) is 24.3 Å². The molecule has 4 heteroatoms. The Morgan fingerprint density at radius 1 is 1.43 bits per heavy atom. The van der Waals surface area contributed by atoms with E-state index in [4.69, 9.17) is 0 Å². The van der Waals surface area contributed by atoms with Gasteiger partial charge in [0, 0.05) is 24.4 Å². The molecule has 4 nitrogen and oxygen atoms in total. The number of aryl methyl sites for hydroxylation is 1. The summed E-state index contributed by atoms with van der Waals surface area (Å²) in [6.07, 6.45) is 1.37. The first-order valence-electron chi connectivity index (χ1n) is 7.69. The van der Waals surface area contributed by atoms with Crippen LogP contribution in [0.3, 0.4) is 0 Å². The van der Waals surface area contributed by atoms with Crippen molar-refractivity contribution in [2.24, 2.45) is 18.4 Å². The van der Waals surface area contributed by atoms with Crippen LogP contribution >= 0.6 is 0 Å². The van der Waals surface area contributed by atoms with Crippen LogP contribution in [-0.4, -0.2) is 28.7 Å². The lowest BCUT2D eigenvalue weighted by atomic mass is 9.72. The van der Waals surface area contributed by atoms with E-state index in [1.54, 1.807) is 0 Å². The minimum Gasteiger partial charge on any atom is -0.316 e. The minimum atomic E-state index is -0.224. The van der Waals surface area contributed by atoms with Gasteiger partial charge in [-0.15, -0.1) is 0 Å². The Morgan fingerprint density at radius 3 is 2.86 bits per heavy atom. The molecule has 1 aromatic carbocycles. The van der Waals surface area contributed by atoms with Gasteiger partial charge in [0.2, 0.25) is 0 Å². The highest BCUT2D eigenvalue weighted by molar-refractivity contribution is 5.92. The number of nitrogens with zero attached hydrogens (tertiary/aromatic N) is 2. The van der Waals surface area contributed by atoms with Crippen LogP contribution < -0.4 is 5.32 Å². The topological polar surface area (TPSA) is 46.9 Å². The molecule has 0 aliphatic carbocycles. The number of carbonyl (C=O) groups excluding carboxylic acids is 1. The van der Waals surface area contributed by atoms with E-state index in [9.17, 15) is 4.79 Å². The fourth-order valence-corrected chi connectivity index (χ4v) is 3.51. The Labute approximate surface area is 125 Å². The van der Waals surface area contributed by atoms with Crippen LogP contribution in [-0.2, 0) is 18.3 Å². The van der Waals surface area contributed by atoms with Crippen molar-refractivity contribution < 1.29 is 4.79 Å². The molecule has 2 heterocycles. The third-order valence-corrected chi connectivity index (χ3v) is 5.01. The predicted octanol–water partition coefficient (Wildman–Crippen LogP) is 2.32. The molecule has 1 aromatic heterocycles. The van der Waals surface area contributed by atoms with Gasteiger partial charge in [-0.2, -0.15) is 5.10 Å². The van der Waals surface area contributed by atoms with E-state index in [1.807, 2.05) is 29.9 Å². The monoisotopic (exact) mass is 285 g/mol. The van der Waals surface area contributed by atoms with Crippen molar-refractivity contribution in [3.8, 4) is 0 Å². The van der Waals surface area contributed by atoms with Crippen LogP contribution in [0, 0.1) is 11.3 Å². The normalized spacial score (nSPS) is 22.3. The van der Waals surface area contributed by atoms with E-state index in [0.717, 1.165) is 36.1 Å². The number of rotatable bonds is 4. The molecule has 0 saturated carbocycles. The quantitative estimate of drug-likeness (QED) is 0.938. The molecule has 2 aromatic rings. The number of hydrogen-bond donors (Lipinski definition) is 1. The zero-order valence-electron chi connectivity index (χ0n) is 13.0. The summed E-state index contributed by atoms with van der Waals surface area (Å²) in [7, 11) is 1.94. The lowest BCUT2D eigenvalue weighted by Gasteiger charge is -2.30. The highest BCUT2D eigenvalue weighted by atomic mass is 16.1. The summed E-state index contributed by atoms with van der Waals surface area (Å²) in [5, 5.41) is 9.02. The predicted molar refractivity (Wildman–Crippen MR) is 84.2 cm³/mol. The van der Waals surface area contributed by atoms with Gasteiger partial charge in [-0.3, -0.25) is 9.48 Å². The van der Waals surface area contributed by atoms with Gasteiger partial charge >= 0.3 is 0 Å². The number of aromatic nitrogens is 2. The summed E-state index contributed by atoms with van der Waals surface area (Å²) in [6.45, 7) is 6.05. The van der Waals surface area contributed by atoms with Gasteiger partial charge in [-0.05, 0) is 24.9 Å². The summed E-state index contributed by atoms with van der Waals surface area (Å²) < 4.78 is 1.87. The maximum absolute atomic E-state index is 12.9. The smallest absolute Gasteiger partial charge is 0.146 e. The SMILES string of the molecule is CC(C)C1(C(=O)Cc2nn(C)c3ccccc23)CCNC1. The molecule has 3 rings (SSSR count). The van der Waals surface area contributed by atoms with E-state index < -0.39 is 0 Å². The number of ketones is 1. The molecule has 0 radical (unpaired) electrons. The third kappa shape index (κ3) is 2.27. The first-order chi connectivity index (χ1) is 10.0. The molecule has 1 saturated heterocycles. The molecule has 1 atom stereocenters.